The summed E-state index contributed by atoms with van der Waals surface area (Å²) in [5, 5.41) is 11.6. The molecule has 2 aromatic rings. The molecule has 0 aliphatic rings. The van der Waals surface area contributed by atoms with Gasteiger partial charge in [-0.2, -0.15) is 5.26 Å². The fourth-order valence-corrected chi connectivity index (χ4v) is 2.13. The second-order valence-corrected chi connectivity index (χ2v) is 5.29. The number of nitrogens with zero attached hydrogens (tertiary/aromatic N) is 1. The Kier molecular flexibility index (Phi) is 6.21. The molecule has 1 amide bonds. The Balaban J connectivity index is 1.77. The third-order valence-corrected chi connectivity index (χ3v) is 3.54. The van der Waals surface area contributed by atoms with Gasteiger partial charge in [-0.1, -0.05) is 12.1 Å². The first-order chi connectivity index (χ1) is 11.6. The molecule has 1 unspecified atom stereocenters. The van der Waals surface area contributed by atoms with Crippen LogP contribution in [-0.4, -0.2) is 25.7 Å². The van der Waals surface area contributed by atoms with Crippen molar-refractivity contribution in [3.8, 4) is 17.6 Å². The van der Waals surface area contributed by atoms with Crippen molar-refractivity contribution in [3.63, 3.8) is 0 Å². The number of hydrogen-bond donors (Lipinski definition) is 1. The molecule has 5 nitrogen and oxygen atoms in total. The Morgan fingerprint density at radius 2 is 1.75 bits per heavy atom. The van der Waals surface area contributed by atoms with E-state index in [1.54, 1.807) is 38.3 Å². The Morgan fingerprint density at radius 1 is 1.12 bits per heavy atom. The van der Waals surface area contributed by atoms with E-state index in [1.165, 1.54) is 0 Å². The number of amides is 1. The molecule has 1 N–H and O–H groups in total. The summed E-state index contributed by atoms with van der Waals surface area (Å²) in [5.74, 6) is 1.20. The van der Waals surface area contributed by atoms with Crippen LogP contribution in [0, 0.1) is 11.3 Å². The van der Waals surface area contributed by atoms with Crippen LogP contribution < -0.4 is 14.8 Å². The molecular formula is C19H20N2O3. The van der Waals surface area contributed by atoms with Gasteiger partial charge in [-0.3, -0.25) is 4.79 Å². The van der Waals surface area contributed by atoms with Crippen LogP contribution in [0.5, 0.6) is 11.5 Å². The summed E-state index contributed by atoms with van der Waals surface area (Å²) in [6.07, 6.45) is 0.132. The maximum absolute atomic E-state index is 12.1. The molecule has 0 saturated carbocycles. The highest BCUT2D eigenvalue weighted by molar-refractivity contribution is 5.80. The van der Waals surface area contributed by atoms with Gasteiger partial charge in [0.25, 0.3) is 5.91 Å². The smallest absolute Gasteiger partial charge is 0.260 e. The van der Waals surface area contributed by atoms with Crippen LogP contribution >= 0.6 is 0 Å². The third kappa shape index (κ3) is 5.03. The topological polar surface area (TPSA) is 71.3 Å². The zero-order valence-electron chi connectivity index (χ0n) is 13.8. The summed E-state index contributed by atoms with van der Waals surface area (Å²) in [6, 6.07) is 16.5. The Hall–Kier alpha value is -3.00. The molecule has 124 valence electrons. The standard InChI is InChI=1S/C19H20N2O3/c1-14(24-18-9-5-16(13-20)6-10-18)19(22)21-12-11-15-3-7-17(23-2)8-4-15/h3-10,14H,11-12H2,1-2H3,(H,21,22). The fraction of sp³-hybridized carbons (Fsp3) is 0.263. The van der Waals surface area contributed by atoms with Crippen molar-refractivity contribution in [1.82, 2.24) is 5.32 Å². The molecule has 0 aromatic heterocycles. The lowest BCUT2D eigenvalue weighted by Gasteiger charge is -2.14. The summed E-state index contributed by atoms with van der Waals surface area (Å²) >= 11 is 0. The number of hydrogen-bond acceptors (Lipinski definition) is 4. The molecule has 1 atom stereocenters. The van der Waals surface area contributed by atoms with Crippen LogP contribution in [0.25, 0.3) is 0 Å². The minimum atomic E-state index is -0.603. The molecule has 2 rings (SSSR count). The van der Waals surface area contributed by atoms with Crippen LogP contribution in [0.2, 0.25) is 0 Å². The molecule has 0 aliphatic heterocycles. The van der Waals surface area contributed by atoms with Gasteiger partial charge in [-0.15, -0.1) is 0 Å². The van der Waals surface area contributed by atoms with Crippen LogP contribution in [-0.2, 0) is 11.2 Å². The van der Waals surface area contributed by atoms with E-state index in [2.05, 4.69) is 5.32 Å². The van der Waals surface area contributed by atoms with Gasteiger partial charge >= 0.3 is 0 Å². The van der Waals surface area contributed by atoms with Gasteiger partial charge in [0.15, 0.2) is 6.10 Å². The normalized spacial score (nSPS) is 11.2. The van der Waals surface area contributed by atoms with Crippen molar-refractivity contribution in [2.24, 2.45) is 0 Å². The first-order valence-electron chi connectivity index (χ1n) is 7.70. The molecule has 0 spiro atoms. The zero-order valence-corrected chi connectivity index (χ0v) is 13.8. The molecule has 0 bridgehead atoms. The van der Waals surface area contributed by atoms with Gasteiger partial charge in [0.05, 0.1) is 18.7 Å². The molecule has 0 radical (unpaired) electrons. The average Bonchev–Trinajstić information content (AvgIpc) is 2.62. The fourth-order valence-electron chi connectivity index (χ4n) is 2.13. The largest absolute Gasteiger partial charge is 0.497 e. The summed E-state index contributed by atoms with van der Waals surface area (Å²) in [7, 11) is 1.63. The number of rotatable bonds is 7. The number of ether oxygens (including phenoxy) is 2. The van der Waals surface area contributed by atoms with E-state index >= 15 is 0 Å². The van der Waals surface area contributed by atoms with Crippen molar-refractivity contribution in [2.45, 2.75) is 19.4 Å². The molecular weight excluding hydrogens is 304 g/mol. The first-order valence-corrected chi connectivity index (χ1v) is 7.70. The van der Waals surface area contributed by atoms with Crippen LogP contribution in [0.4, 0.5) is 0 Å². The third-order valence-electron chi connectivity index (χ3n) is 3.54. The second-order valence-electron chi connectivity index (χ2n) is 5.29. The number of nitriles is 1. The van der Waals surface area contributed by atoms with Gasteiger partial charge in [-0.05, 0) is 55.3 Å². The molecule has 0 saturated heterocycles. The SMILES string of the molecule is COc1ccc(CCNC(=O)C(C)Oc2ccc(C#N)cc2)cc1. The second kappa shape index (κ2) is 8.59. The molecule has 24 heavy (non-hydrogen) atoms. The lowest BCUT2D eigenvalue weighted by molar-refractivity contribution is -0.127. The number of carbonyl (C=O) groups is 1. The molecule has 0 fully saturated rings. The maximum Gasteiger partial charge on any atom is 0.260 e. The Bertz CT molecular complexity index is 703. The summed E-state index contributed by atoms with van der Waals surface area (Å²) < 4.78 is 10.7. The highest BCUT2D eigenvalue weighted by atomic mass is 16.5. The monoisotopic (exact) mass is 324 g/mol. The van der Waals surface area contributed by atoms with E-state index in [-0.39, 0.29) is 5.91 Å². The van der Waals surface area contributed by atoms with E-state index in [1.807, 2.05) is 30.3 Å². The van der Waals surface area contributed by atoms with E-state index in [9.17, 15) is 4.79 Å². The number of methoxy groups -OCH3 is 1. The van der Waals surface area contributed by atoms with Crippen LogP contribution in [0.3, 0.4) is 0 Å². The van der Waals surface area contributed by atoms with E-state index in [0.717, 1.165) is 17.7 Å². The van der Waals surface area contributed by atoms with E-state index in [0.29, 0.717) is 17.9 Å². The first kappa shape index (κ1) is 17.4. The van der Waals surface area contributed by atoms with Crippen molar-refractivity contribution in [2.75, 3.05) is 13.7 Å². The predicted molar refractivity (Wildman–Crippen MR) is 91.0 cm³/mol. The van der Waals surface area contributed by atoms with Crippen molar-refractivity contribution in [3.05, 3.63) is 59.7 Å². The molecule has 5 heteroatoms. The number of benzene rings is 2. The predicted octanol–water partition coefficient (Wildman–Crippen LogP) is 2.69. The van der Waals surface area contributed by atoms with Crippen LogP contribution in [0.15, 0.2) is 48.5 Å². The lowest BCUT2D eigenvalue weighted by atomic mass is 10.1. The van der Waals surface area contributed by atoms with Crippen LogP contribution in [0.1, 0.15) is 18.1 Å². The minimum Gasteiger partial charge on any atom is -0.497 e. The molecule has 0 heterocycles. The zero-order chi connectivity index (χ0) is 17.4. The van der Waals surface area contributed by atoms with Crippen molar-refractivity contribution < 1.29 is 14.3 Å². The summed E-state index contributed by atoms with van der Waals surface area (Å²) in [4.78, 5) is 12.1. The maximum atomic E-state index is 12.1. The van der Waals surface area contributed by atoms with Gasteiger partial charge in [0.1, 0.15) is 11.5 Å². The van der Waals surface area contributed by atoms with Gasteiger partial charge in [0, 0.05) is 6.54 Å². The van der Waals surface area contributed by atoms with E-state index in [4.69, 9.17) is 14.7 Å². The lowest BCUT2D eigenvalue weighted by Crippen LogP contribution is -2.37. The van der Waals surface area contributed by atoms with E-state index < -0.39 is 6.10 Å². The van der Waals surface area contributed by atoms with Crippen molar-refractivity contribution >= 4 is 5.91 Å². The summed E-state index contributed by atoms with van der Waals surface area (Å²) in [6.45, 7) is 2.23. The molecule has 0 aliphatic carbocycles. The summed E-state index contributed by atoms with van der Waals surface area (Å²) in [5.41, 5.74) is 1.68. The van der Waals surface area contributed by atoms with Gasteiger partial charge < -0.3 is 14.8 Å². The number of nitrogens with one attached hydrogen (secondary N) is 1. The minimum absolute atomic E-state index is 0.173. The number of carbonyl (C=O) groups excluding carboxylic acids is 1. The van der Waals surface area contributed by atoms with Gasteiger partial charge in [-0.25, -0.2) is 0 Å². The highest BCUT2D eigenvalue weighted by Crippen LogP contribution is 2.14. The Labute approximate surface area is 141 Å². The highest BCUT2D eigenvalue weighted by Gasteiger charge is 2.14. The van der Waals surface area contributed by atoms with Crippen molar-refractivity contribution in [1.29, 1.82) is 5.26 Å². The Morgan fingerprint density at radius 3 is 2.33 bits per heavy atom. The van der Waals surface area contributed by atoms with Gasteiger partial charge in [0.2, 0.25) is 0 Å². The quantitative estimate of drug-likeness (QED) is 0.850. The molecule has 2 aromatic carbocycles. The average molecular weight is 324 g/mol.